The molecule has 1 aromatic heterocycles. The molecule has 0 fully saturated rings. The van der Waals surface area contributed by atoms with Crippen molar-refractivity contribution in [3.05, 3.63) is 47.2 Å². The van der Waals surface area contributed by atoms with Crippen LogP contribution < -0.4 is 10.6 Å². The number of carbonyl (C=O) groups is 2. The number of carbonyl (C=O) groups excluding carboxylic acids is 2. The summed E-state index contributed by atoms with van der Waals surface area (Å²) in [6, 6.07) is 8.54. The molecule has 27 heavy (non-hydrogen) atoms. The molecule has 7 heteroatoms. The summed E-state index contributed by atoms with van der Waals surface area (Å²) in [6.07, 6.45) is 4.61. The van der Waals surface area contributed by atoms with Crippen LogP contribution in [-0.4, -0.2) is 34.9 Å². The molecule has 144 valence electrons. The number of alkyl carbamates (subject to hydrolysis) is 1. The van der Waals surface area contributed by atoms with Crippen molar-refractivity contribution in [2.75, 3.05) is 18.5 Å². The van der Waals surface area contributed by atoms with Gasteiger partial charge in [0, 0.05) is 18.5 Å². The molecule has 0 spiro atoms. The van der Waals surface area contributed by atoms with Crippen molar-refractivity contribution in [1.29, 1.82) is 0 Å². The Kier molecular flexibility index (Phi) is 6.11. The number of nitrogens with zero attached hydrogens (tertiary/aromatic N) is 2. The van der Waals surface area contributed by atoms with E-state index in [2.05, 4.69) is 33.9 Å². The van der Waals surface area contributed by atoms with Gasteiger partial charge < -0.3 is 15.4 Å². The lowest BCUT2D eigenvalue weighted by molar-refractivity contribution is -0.116. The molecule has 1 aliphatic rings. The first-order valence-corrected chi connectivity index (χ1v) is 9.42. The van der Waals surface area contributed by atoms with Crippen LogP contribution in [0.1, 0.15) is 48.9 Å². The molecular formula is C20H26N4O3. The zero-order valence-corrected chi connectivity index (χ0v) is 15.8. The Morgan fingerprint density at radius 1 is 1.33 bits per heavy atom. The van der Waals surface area contributed by atoms with Crippen LogP contribution in [0.5, 0.6) is 0 Å². The van der Waals surface area contributed by atoms with Crippen molar-refractivity contribution in [1.82, 2.24) is 15.1 Å². The van der Waals surface area contributed by atoms with E-state index in [4.69, 9.17) is 4.74 Å². The Hall–Kier alpha value is -2.83. The van der Waals surface area contributed by atoms with Gasteiger partial charge in [-0.15, -0.1) is 0 Å². The van der Waals surface area contributed by atoms with Gasteiger partial charge in [-0.05, 0) is 44.2 Å². The fraction of sp³-hybridized carbons (Fsp3) is 0.450. The zero-order chi connectivity index (χ0) is 19.2. The van der Waals surface area contributed by atoms with E-state index in [1.54, 1.807) is 13.1 Å². The number of aromatic nitrogens is 2. The van der Waals surface area contributed by atoms with Crippen molar-refractivity contribution in [3.8, 4) is 0 Å². The van der Waals surface area contributed by atoms with E-state index in [-0.39, 0.29) is 24.9 Å². The van der Waals surface area contributed by atoms with Gasteiger partial charge in [-0.25, -0.2) is 9.48 Å². The van der Waals surface area contributed by atoms with E-state index in [0.717, 1.165) is 30.6 Å². The maximum atomic E-state index is 12.3. The van der Waals surface area contributed by atoms with E-state index < -0.39 is 6.09 Å². The smallest absolute Gasteiger partial charge is 0.407 e. The molecule has 1 aliphatic carbocycles. The number of rotatable bonds is 6. The zero-order valence-electron chi connectivity index (χ0n) is 15.8. The minimum absolute atomic E-state index is 0.122. The third-order valence-electron chi connectivity index (χ3n) is 4.77. The van der Waals surface area contributed by atoms with E-state index in [9.17, 15) is 9.59 Å². The van der Waals surface area contributed by atoms with Gasteiger partial charge in [0.25, 0.3) is 0 Å². The average molecular weight is 370 g/mol. The van der Waals surface area contributed by atoms with E-state index in [0.29, 0.717) is 6.61 Å². The van der Waals surface area contributed by atoms with Gasteiger partial charge in [-0.3, -0.25) is 4.79 Å². The largest absolute Gasteiger partial charge is 0.450 e. The van der Waals surface area contributed by atoms with Crippen LogP contribution in [0.25, 0.3) is 0 Å². The molecule has 2 amide bonds. The van der Waals surface area contributed by atoms with Crippen molar-refractivity contribution in [3.63, 3.8) is 0 Å². The summed E-state index contributed by atoms with van der Waals surface area (Å²) in [5.41, 5.74) is 3.54. The number of ether oxygens (including phenoxy) is 1. The molecule has 1 heterocycles. The van der Waals surface area contributed by atoms with Gasteiger partial charge in [0.2, 0.25) is 5.91 Å². The predicted molar refractivity (Wildman–Crippen MR) is 103 cm³/mol. The SMILES string of the molecule is CCOC(=O)NCCC(=O)Nc1c(C)cnn1C1CCCc2ccccc21. The summed E-state index contributed by atoms with van der Waals surface area (Å²) in [7, 11) is 0. The molecule has 0 radical (unpaired) electrons. The summed E-state index contributed by atoms with van der Waals surface area (Å²) in [4.78, 5) is 23.6. The first-order valence-electron chi connectivity index (χ1n) is 9.42. The molecule has 1 aromatic carbocycles. The number of nitrogens with one attached hydrogen (secondary N) is 2. The van der Waals surface area contributed by atoms with Gasteiger partial charge in [0.05, 0.1) is 18.8 Å². The van der Waals surface area contributed by atoms with Crippen LogP contribution in [0.2, 0.25) is 0 Å². The molecule has 2 aromatic rings. The minimum atomic E-state index is -0.509. The lowest BCUT2D eigenvalue weighted by atomic mass is 9.88. The first kappa shape index (κ1) is 18.9. The van der Waals surface area contributed by atoms with Gasteiger partial charge >= 0.3 is 6.09 Å². The van der Waals surface area contributed by atoms with Gasteiger partial charge in [0.1, 0.15) is 5.82 Å². The molecule has 0 saturated heterocycles. The fourth-order valence-corrected chi connectivity index (χ4v) is 3.48. The maximum absolute atomic E-state index is 12.3. The molecular weight excluding hydrogens is 344 g/mol. The Bertz CT molecular complexity index is 815. The van der Waals surface area contributed by atoms with Crippen LogP contribution >= 0.6 is 0 Å². The lowest BCUT2D eigenvalue weighted by Crippen LogP contribution is -2.29. The maximum Gasteiger partial charge on any atom is 0.407 e. The number of amides is 2. The molecule has 0 saturated carbocycles. The highest BCUT2D eigenvalue weighted by Crippen LogP contribution is 2.35. The quantitative estimate of drug-likeness (QED) is 0.818. The van der Waals surface area contributed by atoms with E-state index in [1.165, 1.54) is 11.1 Å². The van der Waals surface area contributed by atoms with Gasteiger partial charge in [-0.1, -0.05) is 24.3 Å². The first-order chi connectivity index (χ1) is 13.1. The molecule has 0 bridgehead atoms. The van der Waals surface area contributed by atoms with Crippen molar-refractivity contribution < 1.29 is 14.3 Å². The predicted octanol–water partition coefficient (Wildman–Crippen LogP) is 3.19. The number of anilines is 1. The molecule has 2 N–H and O–H groups in total. The van der Waals surface area contributed by atoms with Crippen LogP contribution in [0.4, 0.5) is 10.6 Å². The number of aryl methyl sites for hydroxylation is 2. The highest BCUT2D eigenvalue weighted by Gasteiger charge is 2.25. The average Bonchev–Trinajstić information content (AvgIpc) is 3.02. The Morgan fingerprint density at radius 2 is 2.15 bits per heavy atom. The second-order valence-corrected chi connectivity index (χ2v) is 6.67. The summed E-state index contributed by atoms with van der Waals surface area (Å²) < 4.78 is 6.71. The number of fused-ring (bicyclic) bond motifs is 1. The third-order valence-corrected chi connectivity index (χ3v) is 4.77. The monoisotopic (exact) mass is 370 g/mol. The van der Waals surface area contributed by atoms with Crippen LogP contribution in [0.3, 0.4) is 0 Å². The summed E-state index contributed by atoms with van der Waals surface area (Å²) >= 11 is 0. The van der Waals surface area contributed by atoms with Gasteiger partial charge in [0.15, 0.2) is 0 Å². The summed E-state index contributed by atoms with van der Waals surface area (Å²) in [5.74, 6) is 0.554. The topological polar surface area (TPSA) is 85.2 Å². The highest BCUT2D eigenvalue weighted by atomic mass is 16.5. The molecule has 1 atom stereocenters. The van der Waals surface area contributed by atoms with Crippen molar-refractivity contribution in [2.45, 2.75) is 45.6 Å². The van der Waals surface area contributed by atoms with E-state index >= 15 is 0 Å². The van der Waals surface area contributed by atoms with Crippen molar-refractivity contribution >= 4 is 17.8 Å². The second-order valence-electron chi connectivity index (χ2n) is 6.67. The number of hydrogen-bond donors (Lipinski definition) is 2. The second kappa shape index (κ2) is 8.70. The van der Waals surface area contributed by atoms with Gasteiger partial charge in [-0.2, -0.15) is 5.10 Å². The number of hydrogen-bond acceptors (Lipinski definition) is 4. The molecule has 0 aliphatic heterocycles. The van der Waals surface area contributed by atoms with Crippen LogP contribution in [0, 0.1) is 6.92 Å². The number of benzene rings is 1. The third kappa shape index (κ3) is 4.48. The highest BCUT2D eigenvalue weighted by molar-refractivity contribution is 5.90. The van der Waals surface area contributed by atoms with Crippen LogP contribution in [-0.2, 0) is 16.0 Å². The molecule has 3 rings (SSSR count). The Morgan fingerprint density at radius 3 is 2.96 bits per heavy atom. The minimum Gasteiger partial charge on any atom is -0.450 e. The van der Waals surface area contributed by atoms with Crippen LogP contribution in [0.15, 0.2) is 30.5 Å². The molecule has 7 nitrogen and oxygen atoms in total. The standard InChI is InChI=1S/C20H26N4O3/c1-3-27-20(26)21-12-11-18(25)23-19-14(2)13-22-24(19)17-10-6-8-15-7-4-5-9-16(15)17/h4-5,7,9,13,17H,3,6,8,10-12H2,1-2H3,(H,21,26)(H,23,25). The normalized spacial score (nSPS) is 15.7. The van der Waals surface area contributed by atoms with Crippen molar-refractivity contribution in [2.24, 2.45) is 0 Å². The lowest BCUT2D eigenvalue weighted by Gasteiger charge is -2.27. The van der Waals surface area contributed by atoms with E-state index in [1.807, 2.05) is 17.7 Å². The fourth-order valence-electron chi connectivity index (χ4n) is 3.48. The molecule has 1 unspecified atom stereocenters. The Balaban J connectivity index is 1.69. The summed E-state index contributed by atoms with van der Waals surface area (Å²) in [6.45, 7) is 4.20. The summed E-state index contributed by atoms with van der Waals surface area (Å²) in [5, 5.41) is 10.1. The Labute approximate surface area is 159 Å².